The fourth-order valence-corrected chi connectivity index (χ4v) is 2.32. The summed E-state index contributed by atoms with van der Waals surface area (Å²) in [6.07, 6.45) is 1.86. The van der Waals surface area contributed by atoms with E-state index in [2.05, 4.69) is 20.8 Å². The minimum Gasteiger partial charge on any atom is -0.495 e. The molecule has 7 nitrogen and oxygen atoms in total. The van der Waals surface area contributed by atoms with Crippen molar-refractivity contribution in [1.29, 1.82) is 0 Å². The van der Waals surface area contributed by atoms with Crippen molar-refractivity contribution in [2.24, 2.45) is 0 Å². The lowest BCUT2D eigenvalue weighted by atomic mass is 10.3. The van der Waals surface area contributed by atoms with E-state index in [0.29, 0.717) is 17.3 Å². The summed E-state index contributed by atoms with van der Waals surface area (Å²) >= 11 is 0. The minimum absolute atomic E-state index is 0.304. The lowest BCUT2D eigenvalue weighted by Crippen LogP contribution is -2.32. The number of fused-ring (bicyclic) bond motifs is 1. The Bertz CT molecular complexity index is 830. The summed E-state index contributed by atoms with van der Waals surface area (Å²) in [6, 6.07) is 12.2. The number of aromatic nitrogens is 3. The van der Waals surface area contributed by atoms with Crippen LogP contribution < -0.4 is 15.4 Å². The van der Waals surface area contributed by atoms with Gasteiger partial charge in [0, 0.05) is 6.20 Å². The Morgan fingerprint density at radius 3 is 2.78 bits per heavy atom. The zero-order valence-corrected chi connectivity index (χ0v) is 12.9. The zero-order valence-electron chi connectivity index (χ0n) is 12.9. The molecule has 1 atom stereocenters. The third kappa shape index (κ3) is 3.08. The van der Waals surface area contributed by atoms with Crippen LogP contribution in [0.4, 0.5) is 10.5 Å². The van der Waals surface area contributed by atoms with Crippen LogP contribution in [0.2, 0.25) is 0 Å². The van der Waals surface area contributed by atoms with Crippen molar-refractivity contribution in [2.75, 3.05) is 12.4 Å². The Balaban J connectivity index is 1.72. The third-order valence-corrected chi connectivity index (χ3v) is 3.43. The van der Waals surface area contributed by atoms with E-state index < -0.39 is 0 Å². The van der Waals surface area contributed by atoms with Crippen LogP contribution in [0.3, 0.4) is 0 Å². The van der Waals surface area contributed by atoms with Gasteiger partial charge in [0.25, 0.3) is 0 Å². The summed E-state index contributed by atoms with van der Waals surface area (Å²) in [5.41, 5.74) is 1.34. The Hall–Kier alpha value is -3.09. The summed E-state index contributed by atoms with van der Waals surface area (Å²) in [4.78, 5) is 12.2. The summed E-state index contributed by atoms with van der Waals surface area (Å²) in [7, 11) is 1.56. The van der Waals surface area contributed by atoms with E-state index in [1.165, 1.54) is 0 Å². The van der Waals surface area contributed by atoms with Crippen LogP contribution >= 0.6 is 0 Å². The van der Waals surface area contributed by atoms with E-state index in [9.17, 15) is 4.79 Å². The van der Waals surface area contributed by atoms with E-state index in [-0.39, 0.29) is 12.1 Å². The average Bonchev–Trinajstić information content (AvgIpc) is 2.99. The van der Waals surface area contributed by atoms with Crippen molar-refractivity contribution >= 4 is 17.4 Å². The normalized spacial score (nSPS) is 11.9. The van der Waals surface area contributed by atoms with Gasteiger partial charge >= 0.3 is 6.03 Å². The molecule has 2 heterocycles. The number of nitrogens with one attached hydrogen (secondary N) is 2. The topological polar surface area (TPSA) is 80.5 Å². The molecule has 0 aliphatic carbocycles. The molecule has 2 N–H and O–H groups in total. The molecule has 7 heteroatoms. The Labute approximate surface area is 133 Å². The van der Waals surface area contributed by atoms with Crippen molar-refractivity contribution in [1.82, 2.24) is 19.9 Å². The number of nitrogens with zero attached hydrogens (tertiary/aromatic N) is 3. The Kier molecular flexibility index (Phi) is 4.09. The van der Waals surface area contributed by atoms with Crippen molar-refractivity contribution in [2.45, 2.75) is 13.0 Å². The molecule has 23 heavy (non-hydrogen) atoms. The van der Waals surface area contributed by atoms with Gasteiger partial charge < -0.3 is 15.4 Å². The highest BCUT2D eigenvalue weighted by molar-refractivity contribution is 5.91. The second-order valence-electron chi connectivity index (χ2n) is 5.01. The van der Waals surface area contributed by atoms with Crippen LogP contribution in [0.25, 0.3) is 5.65 Å². The molecule has 0 spiro atoms. The van der Waals surface area contributed by atoms with Crippen LogP contribution in [0.5, 0.6) is 5.75 Å². The number of carbonyl (C=O) groups excluding carboxylic acids is 1. The Morgan fingerprint density at radius 1 is 1.17 bits per heavy atom. The molecule has 1 aromatic carbocycles. The highest BCUT2D eigenvalue weighted by Gasteiger charge is 2.16. The van der Waals surface area contributed by atoms with E-state index >= 15 is 0 Å². The number of hydrogen-bond acceptors (Lipinski definition) is 4. The van der Waals surface area contributed by atoms with E-state index in [1.807, 2.05) is 47.9 Å². The van der Waals surface area contributed by atoms with Crippen LogP contribution in [0.1, 0.15) is 18.8 Å². The number of urea groups is 1. The molecule has 2 amide bonds. The van der Waals surface area contributed by atoms with Gasteiger partial charge in [-0.25, -0.2) is 4.79 Å². The molecule has 1 unspecified atom stereocenters. The van der Waals surface area contributed by atoms with E-state index in [1.54, 1.807) is 19.2 Å². The maximum atomic E-state index is 12.2. The smallest absolute Gasteiger partial charge is 0.319 e. The SMILES string of the molecule is COc1ccccc1NC(=O)NC(C)c1nnc2ccccn12. The number of methoxy groups -OCH3 is 1. The van der Waals surface area contributed by atoms with Gasteiger partial charge in [-0.15, -0.1) is 10.2 Å². The van der Waals surface area contributed by atoms with Crippen LogP contribution in [-0.4, -0.2) is 27.7 Å². The first-order valence-corrected chi connectivity index (χ1v) is 7.19. The molecule has 118 valence electrons. The van der Waals surface area contributed by atoms with Crippen molar-refractivity contribution in [3.63, 3.8) is 0 Å². The van der Waals surface area contributed by atoms with Gasteiger partial charge in [-0.05, 0) is 31.2 Å². The molecule has 0 saturated heterocycles. The van der Waals surface area contributed by atoms with Crippen molar-refractivity contribution in [3.8, 4) is 5.75 Å². The fraction of sp³-hybridized carbons (Fsp3) is 0.188. The molecule has 0 saturated carbocycles. The number of rotatable bonds is 4. The highest BCUT2D eigenvalue weighted by atomic mass is 16.5. The van der Waals surface area contributed by atoms with Gasteiger partial charge in [0.05, 0.1) is 18.8 Å². The molecule has 0 aliphatic rings. The monoisotopic (exact) mass is 311 g/mol. The number of amides is 2. The fourth-order valence-electron chi connectivity index (χ4n) is 2.32. The van der Waals surface area contributed by atoms with Crippen molar-refractivity contribution < 1.29 is 9.53 Å². The maximum absolute atomic E-state index is 12.2. The number of hydrogen-bond donors (Lipinski definition) is 2. The lowest BCUT2D eigenvalue weighted by molar-refractivity contribution is 0.248. The van der Waals surface area contributed by atoms with Gasteiger partial charge in [0.15, 0.2) is 11.5 Å². The van der Waals surface area contributed by atoms with Gasteiger partial charge in [-0.2, -0.15) is 0 Å². The van der Waals surface area contributed by atoms with Crippen molar-refractivity contribution in [3.05, 3.63) is 54.5 Å². The summed E-state index contributed by atoms with van der Waals surface area (Å²) in [5.74, 6) is 1.26. The zero-order chi connectivity index (χ0) is 16.2. The minimum atomic E-state index is -0.338. The number of pyridine rings is 1. The first-order valence-electron chi connectivity index (χ1n) is 7.19. The van der Waals surface area contributed by atoms with Gasteiger partial charge in [-0.3, -0.25) is 4.40 Å². The number of benzene rings is 1. The standard InChI is InChI=1S/C16H17N5O2/c1-11(15-20-19-14-9-5-6-10-21(14)15)17-16(22)18-12-7-3-4-8-13(12)23-2/h3-11H,1-2H3,(H2,17,18,22). The molecule has 0 bridgehead atoms. The average molecular weight is 311 g/mol. The van der Waals surface area contributed by atoms with Gasteiger partial charge in [-0.1, -0.05) is 18.2 Å². The van der Waals surface area contributed by atoms with Crippen LogP contribution in [0.15, 0.2) is 48.7 Å². The van der Waals surface area contributed by atoms with Crippen LogP contribution in [0, 0.1) is 0 Å². The summed E-state index contributed by atoms with van der Waals surface area (Å²) < 4.78 is 7.05. The molecule has 0 radical (unpaired) electrons. The first-order chi connectivity index (χ1) is 11.2. The maximum Gasteiger partial charge on any atom is 0.319 e. The van der Waals surface area contributed by atoms with E-state index in [0.717, 1.165) is 5.65 Å². The number of para-hydroxylation sites is 2. The summed E-state index contributed by atoms with van der Waals surface area (Å²) in [5, 5.41) is 13.8. The lowest BCUT2D eigenvalue weighted by Gasteiger charge is -2.14. The number of carbonyl (C=O) groups is 1. The predicted molar refractivity (Wildman–Crippen MR) is 86.6 cm³/mol. The van der Waals surface area contributed by atoms with Gasteiger partial charge in [0.2, 0.25) is 0 Å². The second-order valence-corrected chi connectivity index (χ2v) is 5.01. The molecular weight excluding hydrogens is 294 g/mol. The number of anilines is 1. The molecule has 0 aliphatic heterocycles. The molecule has 0 fully saturated rings. The van der Waals surface area contributed by atoms with Gasteiger partial charge in [0.1, 0.15) is 5.75 Å². The Morgan fingerprint density at radius 2 is 1.96 bits per heavy atom. The quantitative estimate of drug-likeness (QED) is 0.776. The number of ether oxygens (including phenoxy) is 1. The second kappa shape index (κ2) is 6.35. The van der Waals surface area contributed by atoms with Crippen LogP contribution in [-0.2, 0) is 0 Å². The molecule has 3 rings (SSSR count). The first kappa shape index (κ1) is 14.8. The molecule has 3 aromatic rings. The molecule has 2 aromatic heterocycles. The largest absolute Gasteiger partial charge is 0.495 e. The third-order valence-electron chi connectivity index (χ3n) is 3.43. The highest BCUT2D eigenvalue weighted by Crippen LogP contribution is 2.23. The van der Waals surface area contributed by atoms with E-state index in [4.69, 9.17) is 4.74 Å². The molecular formula is C16H17N5O2. The summed E-state index contributed by atoms with van der Waals surface area (Å²) in [6.45, 7) is 1.85. The predicted octanol–water partition coefficient (Wildman–Crippen LogP) is 2.62.